The van der Waals surface area contributed by atoms with Gasteiger partial charge in [-0.15, -0.1) is 0 Å². The Morgan fingerprint density at radius 2 is 1.95 bits per heavy atom. The average Bonchev–Trinajstić information content (AvgIpc) is 2.72. The van der Waals surface area contributed by atoms with Crippen LogP contribution in [0.2, 0.25) is 0 Å². The van der Waals surface area contributed by atoms with Crippen molar-refractivity contribution in [3.05, 3.63) is 34.9 Å². The fourth-order valence-electron chi connectivity index (χ4n) is 3.00. The number of fused-ring (bicyclic) bond motifs is 3. The SMILES string of the molecule is COC(=O)C1=C2CCCCCN2c2ccccc2S1(=O)=O. The number of hydrogen-bond acceptors (Lipinski definition) is 5. The highest BCUT2D eigenvalue weighted by atomic mass is 32.2. The highest BCUT2D eigenvalue weighted by molar-refractivity contribution is 7.96. The number of carbonyl (C=O) groups excluding carboxylic acids is 1. The number of ether oxygens (including phenoxy) is 1. The van der Waals surface area contributed by atoms with Crippen LogP contribution >= 0.6 is 0 Å². The maximum absolute atomic E-state index is 12.8. The van der Waals surface area contributed by atoms with Gasteiger partial charge in [0.2, 0.25) is 9.84 Å². The molecule has 2 aliphatic rings. The normalized spacial score (nSPS) is 20.3. The van der Waals surface area contributed by atoms with E-state index in [2.05, 4.69) is 0 Å². The van der Waals surface area contributed by atoms with Crippen LogP contribution < -0.4 is 4.90 Å². The third-order valence-electron chi connectivity index (χ3n) is 3.97. The zero-order chi connectivity index (χ0) is 15.0. The Bertz CT molecular complexity index is 721. The lowest BCUT2D eigenvalue weighted by molar-refractivity contribution is -0.135. The van der Waals surface area contributed by atoms with Crippen molar-refractivity contribution in [1.82, 2.24) is 0 Å². The predicted molar refractivity (Wildman–Crippen MR) is 78.5 cm³/mol. The quantitative estimate of drug-likeness (QED) is 0.745. The molecular weight excluding hydrogens is 290 g/mol. The molecule has 0 aromatic heterocycles. The molecule has 2 heterocycles. The molecule has 0 aliphatic carbocycles. The Morgan fingerprint density at radius 1 is 1.19 bits per heavy atom. The van der Waals surface area contributed by atoms with E-state index < -0.39 is 15.8 Å². The Labute approximate surface area is 124 Å². The van der Waals surface area contributed by atoms with Gasteiger partial charge in [0, 0.05) is 12.2 Å². The number of carbonyl (C=O) groups is 1. The lowest BCUT2D eigenvalue weighted by Crippen LogP contribution is -2.34. The molecule has 0 atom stereocenters. The summed E-state index contributed by atoms with van der Waals surface area (Å²) in [4.78, 5) is 14.0. The Balaban J connectivity index is 2.31. The Hall–Kier alpha value is -1.82. The molecule has 0 amide bonds. The van der Waals surface area contributed by atoms with Crippen LogP contribution in [0.15, 0.2) is 39.8 Å². The molecule has 21 heavy (non-hydrogen) atoms. The van der Waals surface area contributed by atoms with Crippen LogP contribution in [0, 0.1) is 0 Å². The Morgan fingerprint density at radius 3 is 2.71 bits per heavy atom. The van der Waals surface area contributed by atoms with Crippen LogP contribution in [0.4, 0.5) is 5.69 Å². The first-order valence-electron chi connectivity index (χ1n) is 7.00. The number of allylic oxidation sites excluding steroid dienone is 1. The molecule has 0 N–H and O–H groups in total. The number of sulfone groups is 1. The van der Waals surface area contributed by atoms with Gasteiger partial charge in [0.25, 0.3) is 0 Å². The third kappa shape index (κ3) is 2.14. The third-order valence-corrected chi connectivity index (χ3v) is 5.83. The van der Waals surface area contributed by atoms with E-state index in [-0.39, 0.29) is 9.80 Å². The molecule has 5 nitrogen and oxygen atoms in total. The highest BCUT2D eigenvalue weighted by Crippen LogP contribution is 2.41. The molecule has 0 bridgehead atoms. The lowest BCUT2D eigenvalue weighted by atomic mass is 10.1. The molecule has 1 fully saturated rings. The number of nitrogens with zero attached hydrogens (tertiary/aromatic N) is 1. The van der Waals surface area contributed by atoms with E-state index in [9.17, 15) is 13.2 Å². The van der Waals surface area contributed by atoms with Gasteiger partial charge in [-0.05, 0) is 31.4 Å². The van der Waals surface area contributed by atoms with Gasteiger partial charge in [-0.2, -0.15) is 0 Å². The molecule has 0 radical (unpaired) electrons. The largest absolute Gasteiger partial charge is 0.465 e. The van der Waals surface area contributed by atoms with Crippen LogP contribution in [0.5, 0.6) is 0 Å². The van der Waals surface area contributed by atoms with Crippen molar-refractivity contribution in [1.29, 1.82) is 0 Å². The monoisotopic (exact) mass is 307 g/mol. The van der Waals surface area contributed by atoms with Gasteiger partial charge >= 0.3 is 5.97 Å². The second kappa shape index (κ2) is 5.18. The van der Waals surface area contributed by atoms with E-state index in [1.165, 1.54) is 7.11 Å². The molecule has 6 heteroatoms. The molecule has 0 saturated carbocycles. The number of benzene rings is 1. The van der Waals surface area contributed by atoms with E-state index in [0.717, 1.165) is 25.8 Å². The number of hydrogen-bond donors (Lipinski definition) is 0. The summed E-state index contributed by atoms with van der Waals surface area (Å²) in [6.07, 6.45) is 3.46. The summed E-state index contributed by atoms with van der Waals surface area (Å²) < 4.78 is 30.3. The maximum atomic E-state index is 12.8. The fraction of sp³-hybridized carbons (Fsp3) is 0.400. The van der Waals surface area contributed by atoms with Gasteiger partial charge in [0.15, 0.2) is 4.91 Å². The first-order chi connectivity index (χ1) is 10.1. The number of rotatable bonds is 1. The number of anilines is 1. The highest BCUT2D eigenvalue weighted by Gasteiger charge is 2.40. The van der Waals surface area contributed by atoms with Crippen molar-refractivity contribution in [3.8, 4) is 0 Å². The Kier molecular flexibility index (Phi) is 3.49. The van der Waals surface area contributed by atoms with E-state index in [4.69, 9.17) is 4.74 Å². The van der Waals surface area contributed by atoms with Crippen LogP contribution in [-0.2, 0) is 19.4 Å². The second-order valence-electron chi connectivity index (χ2n) is 5.20. The smallest absolute Gasteiger partial charge is 0.351 e. The van der Waals surface area contributed by atoms with Crippen molar-refractivity contribution in [3.63, 3.8) is 0 Å². The second-order valence-corrected chi connectivity index (χ2v) is 7.06. The van der Waals surface area contributed by atoms with Crippen LogP contribution in [0.1, 0.15) is 25.7 Å². The summed E-state index contributed by atoms with van der Waals surface area (Å²) in [6.45, 7) is 0.725. The molecule has 2 aliphatic heterocycles. The molecule has 1 aromatic rings. The van der Waals surface area contributed by atoms with Gasteiger partial charge in [-0.1, -0.05) is 18.6 Å². The average molecular weight is 307 g/mol. The van der Waals surface area contributed by atoms with E-state index in [0.29, 0.717) is 17.8 Å². The number of para-hydroxylation sites is 1. The van der Waals surface area contributed by atoms with Gasteiger partial charge in [0.1, 0.15) is 0 Å². The van der Waals surface area contributed by atoms with Crippen molar-refractivity contribution in [2.75, 3.05) is 18.6 Å². The van der Waals surface area contributed by atoms with E-state index in [1.807, 2.05) is 11.0 Å². The van der Waals surface area contributed by atoms with Gasteiger partial charge in [-0.25, -0.2) is 13.2 Å². The summed E-state index contributed by atoms with van der Waals surface area (Å²) in [7, 11) is -2.60. The summed E-state index contributed by atoms with van der Waals surface area (Å²) in [5.41, 5.74) is 1.25. The molecule has 0 unspecified atom stereocenters. The molecule has 112 valence electrons. The first-order valence-corrected chi connectivity index (χ1v) is 8.49. The van der Waals surface area contributed by atoms with Crippen LogP contribution in [0.25, 0.3) is 0 Å². The van der Waals surface area contributed by atoms with Crippen molar-refractivity contribution < 1.29 is 17.9 Å². The summed E-state index contributed by atoms with van der Waals surface area (Å²) in [6, 6.07) is 6.84. The topological polar surface area (TPSA) is 63.7 Å². The van der Waals surface area contributed by atoms with Crippen LogP contribution in [-0.4, -0.2) is 28.0 Å². The minimum atomic E-state index is -3.82. The number of methoxy groups -OCH3 is 1. The van der Waals surface area contributed by atoms with E-state index in [1.54, 1.807) is 18.2 Å². The zero-order valence-electron chi connectivity index (χ0n) is 11.8. The van der Waals surface area contributed by atoms with Gasteiger partial charge in [0.05, 0.1) is 17.7 Å². The summed E-state index contributed by atoms with van der Waals surface area (Å²) in [5.74, 6) is -0.772. The molecule has 3 rings (SSSR count). The zero-order valence-corrected chi connectivity index (χ0v) is 12.6. The van der Waals surface area contributed by atoms with Crippen molar-refractivity contribution >= 4 is 21.5 Å². The fourth-order valence-corrected chi connectivity index (χ4v) is 4.76. The summed E-state index contributed by atoms with van der Waals surface area (Å²) >= 11 is 0. The van der Waals surface area contributed by atoms with Gasteiger partial charge in [-0.3, -0.25) is 0 Å². The summed E-state index contributed by atoms with van der Waals surface area (Å²) in [5, 5.41) is 0. The lowest BCUT2D eigenvalue weighted by Gasteiger charge is -2.33. The molecule has 1 aromatic carbocycles. The first kappa shape index (κ1) is 14.1. The van der Waals surface area contributed by atoms with Crippen molar-refractivity contribution in [2.45, 2.75) is 30.6 Å². The standard InChI is InChI=1S/C15H17NO4S/c1-20-15(17)14-12-8-3-2-6-10-16(12)11-7-4-5-9-13(11)21(14,18)19/h4-5,7,9H,2-3,6,8,10H2,1H3. The van der Waals surface area contributed by atoms with Gasteiger partial charge < -0.3 is 9.64 Å². The minimum Gasteiger partial charge on any atom is -0.465 e. The van der Waals surface area contributed by atoms with Crippen LogP contribution in [0.3, 0.4) is 0 Å². The molecule has 0 spiro atoms. The minimum absolute atomic E-state index is 0.189. The van der Waals surface area contributed by atoms with E-state index >= 15 is 0 Å². The molecular formula is C15H17NO4S. The van der Waals surface area contributed by atoms with Crippen molar-refractivity contribution in [2.24, 2.45) is 0 Å². The maximum Gasteiger partial charge on any atom is 0.351 e. The number of esters is 1. The molecule has 1 saturated heterocycles. The predicted octanol–water partition coefficient (Wildman–Crippen LogP) is 2.24.